The molecule has 2 aliphatic heterocycles. The normalized spacial score (nSPS) is 13.5. The Morgan fingerprint density at radius 2 is 1.36 bits per heavy atom. The Hall–Kier alpha value is -6.34. The lowest BCUT2D eigenvalue weighted by Crippen LogP contribution is -2.29. The quantitative estimate of drug-likeness (QED) is 0.152. The van der Waals surface area contributed by atoms with E-state index >= 15 is 0 Å². The van der Waals surface area contributed by atoms with Gasteiger partial charge in [-0.25, -0.2) is 4.98 Å². The highest BCUT2D eigenvalue weighted by molar-refractivity contribution is 5.98. The van der Waals surface area contributed by atoms with Crippen LogP contribution in [0.2, 0.25) is 0 Å². The molecule has 0 unspecified atom stereocenters. The molecule has 2 aliphatic rings. The van der Waals surface area contributed by atoms with Crippen molar-refractivity contribution in [3.63, 3.8) is 0 Å². The standard InChI is InChI=1S/C48H45N5O2/c1-47(2,3)44(54)22-23-49-46(55)33-18-16-32(17-19-33)45-39-21-20-34(50-39)25-40-37(30-12-8-6-9-13-30)24-35(51-40)27-43-48(4,5)29-36(52-43)26-41-38(28-42(45)53-41)31-14-10-7-11-15-31/h6-21,24-28,51,53H,22-23,29H2,1-5H3,(H,49,55). The Balaban J connectivity index is 1.33. The van der Waals surface area contributed by atoms with Crippen LogP contribution >= 0.6 is 0 Å². The van der Waals surface area contributed by atoms with Crippen LogP contribution in [-0.4, -0.2) is 38.2 Å². The van der Waals surface area contributed by atoms with Crippen LogP contribution in [0.25, 0.3) is 67.6 Å². The number of H-pyrrole nitrogens is 2. The lowest BCUT2D eigenvalue weighted by Gasteiger charge is -2.16. The van der Waals surface area contributed by atoms with Gasteiger partial charge in [0, 0.05) is 85.9 Å². The van der Waals surface area contributed by atoms with Crippen molar-refractivity contribution < 1.29 is 9.59 Å². The number of Topliss-reactive ketones (excluding diaryl/α,β-unsaturated/α-hetero) is 1. The summed E-state index contributed by atoms with van der Waals surface area (Å²) < 4.78 is 0. The molecule has 6 aromatic rings. The van der Waals surface area contributed by atoms with Crippen molar-refractivity contribution >= 4 is 45.9 Å². The summed E-state index contributed by atoms with van der Waals surface area (Å²) in [4.78, 5) is 43.5. The molecule has 0 saturated carbocycles. The molecule has 0 saturated heterocycles. The molecule has 3 N–H and O–H groups in total. The predicted molar refractivity (Wildman–Crippen MR) is 224 cm³/mol. The Morgan fingerprint density at radius 3 is 2.04 bits per heavy atom. The molecule has 8 rings (SSSR count). The van der Waals surface area contributed by atoms with Crippen LogP contribution in [0.3, 0.4) is 0 Å². The highest BCUT2D eigenvalue weighted by Crippen LogP contribution is 2.37. The topological polar surface area (TPSA) is 104 Å². The van der Waals surface area contributed by atoms with E-state index in [2.05, 4.69) is 114 Å². The molecule has 1 amide bonds. The van der Waals surface area contributed by atoms with Gasteiger partial charge in [-0.3, -0.25) is 14.6 Å². The smallest absolute Gasteiger partial charge is 0.251 e. The van der Waals surface area contributed by atoms with E-state index in [1.807, 2.05) is 63.2 Å². The molecule has 5 heterocycles. The number of aromatic nitrogens is 4. The van der Waals surface area contributed by atoms with Gasteiger partial charge < -0.3 is 15.3 Å². The van der Waals surface area contributed by atoms with Crippen LogP contribution in [0.1, 0.15) is 74.2 Å². The highest BCUT2D eigenvalue weighted by Gasteiger charge is 2.29. The van der Waals surface area contributed by atoms with Crippen molar-refractivity contribution in [3.8, 4) is 33.4 Å². The number of carbonyl (C=O) groups excluding carboxylic acids is 2. The average Bonchev–Trinajstić information content (AvgIpc) is 3.95. The second-order valence-electron chi connectivity index (χ2n) is 16.2. The number of aromatic amines is 2. The summed E-state index contributed by atoms with van der Waals surface area (Å²) in [6.45, 7) is 10.5. The van der Waals surface area contributed by atoms with Gasteiger partial charge in [0.05, 0.1) is 11.4 Å². The van der Waals surface area contributed by atoms with E-state index in [4.69, 9.17) is 9.97 Å². The summed E-state index contributed by atoms with van der Waals surface area (Å²) in [7, 11) is 0. The third-order valence-corrected chi connectivity index (χ3v) is 10.5. The molecule has 0 atom stereocenters. The first kappa shape index (κ1) is 35.7. The van der Waals surface area contributed by atoms with E-state index in [0.717, 1.165) is 84.6 Å². The number of nitrogens with zero attached hydrogens (tertiary/aromatic N) is 2. The van der Waals surface area contributed by atoms with Gasteiger partial charge in [0.1, 0.15) is 5.78 Å². The van der Waals surface area contributed by atoms with Crippen molar-refractivity contribution in [2.24, 2.45) is 5.41 Å². The van der Waals surface area contributed by atoms with Gasteiger partial charge in [0.2, 0.25) is 0 Å². The van der Waals surface area contributed by atoms with Crippen LogP contribution in [0, 0.1) is 5.41 Å². The number of ketones is 1. The fraction of sp³-hybridized carbons (Fsp3) is 0.208. The number of hydrogen-bond acceptors (Lipinski definition) is 4. The number of hydrogen-bond donors (Lipinski definition) is 3. The van der Waals surface area contributed by atoms with Gasteiger partial charge in [0.25, 0.3) is 5.91 Å². The maximum Gasteiger partial charge on any atom is 0.251 e. The third-order valence-electron chi connectivity index (χ3n) is 10.5. The van der Waals surface area contributed by atoms with Crippen LogP contribution in [0.4, 0.5) is 0 Å². The predicted octanol–water partition coefficient (Wildman–Crippen LogP) is 10.7. The van der Waals surface area contributed by atoms with Crippen molar-refractivity contribution in [1.82, 2.24) is 25.3 Å². The van der Waals surface area contributed by atoms with Crippen molar-refractivity contribution in [2.45, 2.75) is 52.9 Å². The molecular formula is C48H45N5O2. The Kier molecular flexibility index (Phi) is 9.17. The second kappa shape index (κ2) is 14.1. The van der Waals surface area contributed by atoms with E-state index in [0.29, 0.717) is 18.5 Å². The second-order valence-corrected chi connectivity index (χ2v) is 16.2. The van der Waals surface area contributed by atoms with Crippen LogP contribution in [0.15, 0.2) is 115 Å². The fourth-order valence-electron chi connectivity index (χ4n) is 7.37. The molecule has 3 aromatic heterocycles. The summed E-state index contributed by atoms with van der Waals surface area (Å²) in [5.41, 5.74) is 13.6. The minimum atomic E-state index is -0.438. The summed E-state index contributed by atoms with van der Waals surface area (Å²) in [6, 6.07) is 39.3. The maximum absolute atomic E-state index is 13.1. The van der Waals surface area contributed by atoms with Gasteiger partial charge in [-0.2, -0.15) is 0 Å². The van der Waals surface area contributed by atoms with Crippen molar-refractivity contribution in [2.75, 3.05) is 6.54 Å². The van der Waals surface area contributed by atoms with Gasteiger partial charge in [-0.05, 0) is 71.3 Å². The number of rotatable bonds is 7. The summed E-state index contributed by atoms with van der Waals surface area (Å²) in [5, 5.41) is 2.92. The van der Waals surface area contributed by atoms with E-state index in [1.54, 1.807) is 0 Å². The monoisotopic (exact) mass is 723 g/mol. The highest BCUT2D eigenvalue weighted by atomic mass is 16.2. The molecule has 274 valence electrons. The van der Waals surface area contributed by atoms with Crippen LogP contribution < -0.4 is 5.32 Å². The van der Waals surface area contributed by atoms with Crippen molar-refractivity contribution in [3.05, 3.63) is 144 Å². The zero-order valence-corrected chi connectivity index (χ0v) is 32.0. The average molecular weight is 724 g/mol. The first-order valence-electron chi connectivity index (χ1n) is 18.9. The molecular weight excluding hydrogens is 679 g/mol. The lowest BCUT2D eigenvalue weighted by molar-refractivity contribution is -0.126. The van der Waals surface area contributed by atoms with Crippen LogP contribution in [0.5, 0.6) is 0 Å². The lowest BCUT2D eigenvalue weighted by atomic mass is 9.87. The number of fused-ring (bicyclic) bond motifs is 8. The van der Waals surface area contributed by atoms with E-state index in [1.165, 1.54) is 0 Å². The number of benzene rings is 3. The summed E-state index contributed by atoms with van der Waals surface area (Å²) in [6.07, 6.45) is 5.19. The Morgan fingerprint density at radius 1 is 0.709 bits per heavy atom. The molecule has 8 bridgehead atoms. The maximum atomic E-state index is 13.1. The minimum Gasteiger partial charge on any atom is -0.355 e. The fourth-order valence-corrected chi connectivity index (χ4v) is 7.37. The third kappa shape index (κ3) is 7.43. The van der Waals surface area contributed by atoms with Crippen molar-refractivity contribution in [1.29, 1.82) is 0 Å². The van der Waals surface area contributed by atoms with E-state index in [9.17, 15) is 9.59 Å². The zero-order valence-electron chi connectivity index (χ0n) is 32.0. The Bertz CT molecular complexity index is 2620. The van der Waals surface area contributed by atoms with Gasteiger partial charge in [-0.15, -0.1) is 0 Å². The largest absolute Gasteiger partial charge is 0.355 e. The van der Waals surface area contributed by atoms with Gasteiger partial charge >= 0.3 is 0 Å². The summed E-state index contributed by atoms with van der Waals surface area (Å²) in [5.74, 6) is -0.0969. The molecule has 0 fully saturated rings. The Labute approximate surface area is 321 Å². The number of amides is 1. The first-order chi connectivity index (χ1) is 26.4. The minimum absolute atomic E-state index is 0.115. The molecule has 0 aliphatic carbocycles. The number of nitrogens with one attached hydrogen (secondary N) is 3. The SMILES string of the molecule is CC(C)(C)C(=O)CCNC(=O)c1ccc(-c2c3nc(cc4[nH]c(cc5nc(cc6[nH]c2cc6-c2ccccc2)CC5(C)C)cc4-c2ccccc2)C=C3)cc1. The number of carbonyl (C=O) groups is 2. The molecule has 7 nitrogen and oxygen atoms in total. The van der Waals surface area contributed by atoms with E-state index in [-0.39, 0.29) is 17.1 Å². The van der Waals surface area contributed by atoms with Gasteiger partial charge in [-0.1, -0.05) is 107 Å². The first-order valence-corrected chi connectivity index (χ1v) is 18.9. The molecule has 3 aromatic carbocycles. The molecule has 7 heteroatoms. The molecule has 0 radical (unpaired) electrons. The van der Waals surface area contributed by atoms with E-state index < -0.39 is 5.41 Å². The van der Waals surface area contributed by atoms with Gasteiger partial charge in [0.15, 0.2) is 0 Å². The van der Waals surface area contributed by atoms with Crippen LogP contribution in [-0.2, 0) is 16.6 Å². The molecule has 0 spiro atoms. The summed E-state index contributed by atoms with van der Waals surface area (Å²) >= 11 is 0. The zero-order chi connectivity index (χ0) is 38.3. The molecule has 55 heavy (non-hydrogen) atoms.